The summed E-state index contributed by atoms with van der Waals surface area (Å²) in [5.74, 6) is 0.364. The van der Waals surface area contributed by atoms with E-state index in [1.54, 1.807) is 39.8 Å². The Morgan fingerprint density at radius 2 is 2.12 bits per heavy atom. The molecule has 0 aromatic carbocycles. The van der Waals surface area contributed by atoms with Gasteiger partial charge in [-0.05, 0) is 30.4 Å². The molecule has 0 bridgehead atoms. The first-order valence-electron chi connectivity index (χ1n) is 11.0. The molecule has 5 rings (SSSR count). The molecule has 0 radical (unpaired) electrons. The first-order valence-corrected chi connectivity index (χ1v) is 11.0. The van der Waals surface area contributed by atoms with Crippen molar-refractivity contribution in [3.05, 3.63) is 46.8 Å². The number of likely N-dealkylation sites (tertiary alicyclic amines) is 1. The summed E-state index contributed by atoms with van der Waals surface area (Å²) in [4.78, 5) is 38.6. The summed E-state index contributed by atoms with van der Waals surface area (Å²) in [6.07, 6.45) is 5.17. The van der Waals surface area contributed by atoms with Crippen LogP contribution in [-0.4, -0.2) is 57.8 Å². The molecule has 1 unspecified atom stereocenters. The molecule has 2 N–H and O–H groups in total. The number of carboxylic acid groups (broad SMARTS) is 1. The third-order valence-electron chi connectivity index (χ3n) is 6.41. The number of rotatable bonds is 2. The predicted octanol–water partition coefficient (Wildman–Crippen LogP) is 3.04. The van der Waals surface area contributed by atoms with Crippen molar-refractivity contribution in [2.45, 2.75) is 45.7 Å². The second-order valence-corrected chi connectivity index (χ2v) is 9.64. The van der Waals surface area contributed by atoms with Crippen LogP contribution in [0.25, 0.3) is 28.1 Å². The minimum atomic E-state index is -0.993. The number of aromatic nitrogens is 6. The van der Waals surface area contributed by atoms with Crippen LogP contribution in [0.3, 0.4) is 0 Å². The van der Waals surface area contributed by atoms with Gasteiger partial charge in [0.2, 0.25) is 0 Å². The second-order valence-electron chi connectivity index (χ2n) is 9.64. The molecule has 11 heteroatoms. The Labute approximate surface area is 194 Å². The van der Waals surface area contributed by atoms with E-state index in [0.29, 0.717) is 53.0 Å². The van der Waals surface area contributed by atoms with E-state index in [1.165, 1.54) is 4.90 Å². The maximum atomic E-state index is 13.1. The lowest BCUT2D eigenvalue weighted by atomic mass is 9.77. The lowest BCUT2D eigenvalue weighted by molar-refractivity contribution is 0.0274. The van der Waals surface area contributed by atoms with Crippen LogP contribution >= 0.6 is 0 Å². The monoisotopic (exact) mass is 460 g/mol. The molecule has 1 aliphatic rings. The summed E-state index contributed by atoms with van der Waals surface area (Å²) in [5.41, 5.74) is 1.92. The number of hydrogen-bond donors (Lipinski definition) is 2. The summed E-state index contributed by atoms with van der Waals surface area (Å²) in [6, 6.07) is 4.70. The van der Waals surface area contributed by atoms with Gasteiger partial charge >= 0.3 is 11.8 Å². The van der Waals surface area contributed by atoms with Crippen LogP contribution in [0.15, 0.2) is 35.5 Å². The molecule has 0 spiro atoms. The fourth-order valence-electron chi connectivity index (χ4n) is 5.08. The number of nitrogens with zero attached hydrogens (tertiary/aromatic N) is 7. The van der Waals surface area contributed by atoms with Crippen LogP contribution in [0.1, 0.15) is 45.2 Å². The van der Waals surface area contributed by atoms with Crippen molar-refractivity contribution in [2.24, 2.45) is 5.41 Å². The van der Waals surface area contributed by atoms with E-state index in [9.17, 15) is 20.0 Å². The number of fused-ring (bicyclic) bond motifs is 2. The molecule has 11 nitrogen and oxygen atoms in total. The Kier molecular flexibility index (Phi) is 4.89. The first-order chi connectivity index (χ1) is 16.2. The molecule has 174 valence electrons. The van der Waals surface area contributed by atoms with Crippen molar-refractivity contribution < 1.29 is 9.90 Å². The molecule has 1 saturated heterocycles. The van der Waals surface area contributed by atoms with Gasteiger partial charge in [-0.25, -0.2) is 24.1 Å². The van der Waals surface area contributed by atoms with Gasteiger partial charge < -0.3 is 15.0 Å². The van der Waals surface area contributed by atoms with Gasteiger partial charge in [0.15, 0.2) is 11.5 Å². The molecular weight excluding hydrogens is 436 g/mol. The van der Waals surface area contributed by atoms with Gasteiger partial charge in [0.05, 0.1) is 47.2 Å². The maximum Gasteiger partial charge on any atom is 0.407 e. The topological polar surface area (TPSA) is 145 Å². The largest absolute Gasteiger partial charge is 0.465 e. The van der Waals surface area contributed by atoms with Crippen LogP contribution < -0.4 is 5.69 Å². The molecule has 0 saturated carbocycles. The van der Waals surface area contributed by atoms with Crippen LogP contribution in [0, 0.1) is 16.7 Å². The number of hydrogen-bond acceptors (Lipinski definition) is 6. The van der Waals surface area contributed by atoms with Gasteiger partial charge in [-0.1, -0.05) is 20.8 Å². The summed E-state index contributed by atoms with van der Waals surface area (Å²) >= 11 is 0. The van der Waals surface area contributed by atoms with Gasteiger partial charge in [0.25, 0.3) is 0 Å². The van der Waals surface area contributed by atoms with Crippen molar-refractivity contribution in [2.75, 3.05) is 6.54 Å². The quantitative estimate of drug-likeness (QED) is 0.467. The number of aromatic amines is 1. The number of amides is 1. The number of piperidine rings is 1. The second kappa shape index (κ2) is 7.69. The van der Waals surface area contributed by atoms with Crippen LogP contribution in [0.2, 0.25) is 0 Å². The summed E-state index contributed by atoms with van der Waals surface area (Å²) in [6.45, 7) is 6.38. The van der Waals surface area contributed by atoms with E-state index in [0.717, 1.165) is 0 Å². The summed E-state index contributed by atoms with van der Waals surface area (Å²) < 4.78 is 3.22. The van der Waals surface area contributed by atoms with E-state index in [4.69, 9.17) is 4.98 Å². The van der Waals surface area contributed by atoms with Gasteiger partial charge in [0, 0.05) is 12.7 Å². The lowest BCUT2D eigenvalue weighted by Crippen LogP contribution is -2.55. The fraction of sp³-hybridized carbons (Fsp3) is 0.391. The maximum absolute atomic E-state index is 13.1. The van der Waals surface area contributed by atoms with Gasteiger partial charge in [-0.2, -0.15) is 10.4 Å². The Morgan fingerprint density at radius 1 is 1.32 bits per heavy atom. The lowest BCUT2D eigenvalue weighted by Gasteiger charge is -2.46. The van der Waals surface area contributed by atoms with Gasteiger partial charge in [0.1, 0.15) is 5.52 Å². The normalized spacial score (nSPS) is 18.9. The minimum Gasteiger partial charge on any atom is -0.465 e. The fourth-order valence-corrected chi connectivity index (χ4v) is 5.08. The average molecular weight is 460 g/mol. The van der Waals surface area contributed by atoms with E-state index < -0.39 is 17.6 Å². The summed E-state index contributed by atoms with van der Waals surface area (Å²) in [7, 11) is 0. The van der Waals surface area contributed by atoms with Crippen LogP contribution in [0.5, 0.6) is 0 Å². The van der Waals surface area contributed by atoms with Gasteiger partial charge in [-0.3, -0.25) is 4.57 Å². The minimum absolute atomic E-state index is 0.348. The SMILES string of the molecule is CC(C)(C)[C@H]1C(n2c(=O)[nH]c3cnc(-c4cnn5ccc(C#N)cc45)nc32)CCCN1C(=O)O. The highest BCUT2D eigenvalue weighted by Crippen LogP contribution is 2.39. The number of pyridine rings is 1. The molecule has 5 heterocycles. The molecule has 1 aliphatic heterocycles. The van der Waals surface area contributed by atoms with Crippen molar-refractivity contribution in [3.63, 3.8) is 0 Å². The molecule has 2 atom stereocenters. The Morgan fingerprint density at radius 3 is 2.82 bits per heavy atom. The molecule has 0 aliphatic carbocycles. The first kappa shape index (κ1) is 21.6. The van der Waals surface area contributed by atoms with E-state index in [2.05, 4.69) is 21.1 Å². The molecule has 34 heavy (non-hydrogen) atoms. The van der Waals surface area contributed by atoms with Crippen molar-refractivity contribution in [1.82, 2.24) is 34.0 Å². The number of imidazole rings is 1. The highest BCUT2D eigenvalue weighted by Gasteiger charge is 2.43. The van der Waals surface area contributed by atoms with Gasteiger partial charge in [-0.15, -0.1) is 0 Å². The zero-order valence-electron chi connectivity index (χ0n) is 19.1. The van der Waals surface area contributed by atoms with Crippen LogP contribution in [-0.2, 0) is 0 Å². The number of carbonyl (C=O) groups is 1. The predicted molar refractivity (Wildman–Crippen MR) is 123 cm³/mol. The Balaban J connectivity index is 1.69. The Bertz CT molecular complexity index is 1520. The third-order valence-corrected chi connectivity index (χ3v) is 6.41. The van der Waals surface area contributed by atoms with E-state index in [1.807, 2.05) is 20.8 Å². The Hall–Kier alpha value is -4.20. The number of H-pyrrole nitrogens is 1. The van der Waals surface area contributed by atoms with Crippen molar-refractivity contribution in [3.8, 4) is 17.5 Å². The number of nitriles is 1. The molecule has 4 aromatic heterocycles. The molecule has 1 amide bonds. The molecular formula is C23H24N8O3. The zero-order valence-corrected chi connectivity index (χ0v) is 19.1. The van der Waals surface area contributed by atoms with Crippen molar-refractivity contribution >= 4 is 22.8 Å². The third kappa shape index (κ3) is 3.39. The standard InChI is InChI=1S/C23H24N8O3/c1-23(2,3)18-16(5-4-7-29(18)22(33)34)31-20-15(27-21(31)32)12-25-19(28-20)14-11-26-30-8-6-13(10-24)9-17(14)30/h6,8-9,11-12,16,18H,4-5,7H2,1-3H3,(H,27,32)(H,33,34)/t16?,18-/m1/s1. The highest BCUT2D eigenvalue weighted by atomic mass is 16.4. The van der Waals surface area contributed by atoms with Crippen LogP contribution in [0.4, 0.5) is 4.79 Å². The number of nitrogens with one attached hydrogen (secondary N) is 1. The summed E-state index contributed by atoms with van der Waals surface area (Å²) in [5, 5.41) is 23.4. The van der Waals surface area contributed by atoms with E-state index >= 15 is 0 Å². The average Bonchev–Trinajstić information content (AvgIpc) is 3.36. The smallest absolute Gasteiger partial charge is 0.407 e. The molecule has 4 aromatic rings. The molecule has 1 fully saturated rings. The van der Waals surface area contributed by atoms with Crippen molar-refractivity contribution in [1.29, 1.82) is 5.26 Å². The highest BCUT2D eigenvalue weighted by molar-refractivity contribution is 5.80. The van der Waals surface area contributed by atoms with E-state index in [-0.39, 0.29) is 11.7 Å². The zero-order chi connectivity index (χ0) is 24.2.